The van der Waals surface area contributed by atoms with Crippen LogP contribution in [0.25, 0.3) is 0 Å². The van der Waals surface area contributed by atoms with Crippen LogP contribution in [-0.2, 0) is 11.2 Å². The average Bonchev–Trinajstić information content (AvgIpc) is 3.28. The van der Waals surface area contributed by atoms with Crippen LogP contribution in [0.4, 0.5) is 5.69 Å². The van der Waals surface area contributed by atoms with Crippen LogP contribution in [0.5, 0.6) is 0 Å². The number of para-hydroxylation sites is 1. The summed E-state index contributed by atoms with van der Waals surface area (Å²) in [6.45, 7) is 4.13. The number of benzene rings is 1. The van der Waals surface area contributed by atoms with Gasteiger partial charge in [0, 0.05) is 37.7 Å². The van der Waals surface area contributed by atoms with E-state index in [-0.39, 0.29) is 11.8 Å². The molecule has 0 atom stereocenters. The van der Waals surface area contributed by atoms with Crippen molar-refractivity contribution < 1.29 is 9.59 Å². The number of likely N-dealkylation sites (tertiary alicyclic amines) is 2. The van der Waals surface area contributed by atoms with Crippen molar-refractivity contribution in [1.29, 1.82) is 0 Å². The van der Waals surface area contributed by atoms with Gasteiger partial charge in [0.1, 0.15) is 5.01 Å². The van der Waals surface area contributed by atoms with Crippen LogP contribution in [0.15, 0.2) is 30.3 Å². The molecule has 2 aromatic rings. The van der Waals surface area contributed by atoms with E-state index in [0.29, 0.717) is 23.9 Å². The van der Waals surface area contributed by atoms with Crippen LogP contribution in [0.1, 0.15) is 53.3 Å². The summed E-state index contributed by atoms with van der Waals surface area (Å²) in [6, 6.07) is 9.92. The Kier molecular flexibility index (Phi) is 7.07. The molecule has 2 aliphatic rings. The number of carbonyl (C=O) groups is 2. The van der Waals surface area contributed by atoms with Crippen LogP contribution in [0.2, 0.25) is 0 Å². The average molecular weight is 428 g/mol. The van der Waals surface area contributed by atoms with Gasteiger partial charge in [0.15, 0.2) is 0 Å². The smallest absolute Gasteiger partial charge is 0.286 e. The molecule has 0 saturated carbocycles. The second kappa shape index (κ2) is 10.1. The van der Waals surface area contributed by atoms with E-state index in [0.717, 1.165) is 36.6 Å². The van der Waals surface area contributed by atoms with Gasteiger partial charge >= 0.3 is 0 Å². The van der Waals surface area contributed by atoms with Crippen molar-refractivity contribution in [1.82, 2.24) is 20.0 Å². The van der Waals surface area contributed by atoms with Crippen molar-refractivity contribution in [3.05, 3.63) is 40.3 Å². The first-order valence-electron chi connectivity index (χ1n) is 10.9. The minimum Gasteiger partial charge on any atom is -0.343 e. The molecule has 2 aliphatic heterocycles. The zero-order valence-corrected chi connectivity index (χ0v) is 18.1. The van der Waals surface area contributed by atoms with Crippen LogP contribution in [-0.4, -0.2) is 64.0 Å². The van der Waals surface area contributed by atoms with Gasteiger partial charge in [-0.3, -0.25) is 9.59 Å². The zero-order chi connectivity index (χ0) is 20.8. The van der Waals surface area contributed by atoms with E-state index in [1.54, 1.807) is 0 Å². The fraction of sp³-hybridized carbons (Fsp3) is 0.545. The molecule has 3 heterocycles. The summed E-state index contributed by atoms with van der Waals surface area (Å²) in [4.78, 5) is 29.5. The lowest BCUT2D eigenvalue weighted by molar-refractivity contribution is -0.132. The van der Waals surface area contributed by atoms with Crippen LogP contribution in [0.3, 0.4) is 0 Å². The topological polar surface area (TPSA) is 78.4 Å². The van der Waals surface area contributed by atoms with Gasteiger partial charge in [-0.25, -0.2) is 0 Å². The summed E-state index contributed by atoms with van der Waals surface area (Å²) >= 11 is 1.26. The molecule has 1 aromatic carbocycles. The van der Waals surface area contributed by atoms with Gasteiger partial charge in [-0.15, -0.1) is 10.2 Å². The van der Waals surface area contributed by atoms with E-state index in [9.17, 15) is 9.59 Å². The van der Waals surface area contributed by atoms with Gasteiger partial charge in [-0.1, -0.05) is 36.0 Å². The molecule has 0 aliphatic carbocycles. The van der Waals surface area contributed by atoms with Crippen LogP contribution < -0.4 is 5.32 Å². The molecule has 0 spiro atoms. The summed E-state index contributed by atoms with van der Waals surface area (Å²) in [5.74, 6) is -0.0892. The molecule has 2 amide bonds. The maximum atomic E-state index is 12.6. The molecule has 0 unspecified atom stereocenters. The van der Waals surface area contributed by atoms with Crippen molar-refractivity contribution in [2.75, 3.05) is 31.5 Å². The number of nitrogens with zero attached hydrogens (tertiary/aromatic N) is 4. The van der Waals surface area contributed by atoms with E-state index >= 15 is 0 Å². The minimum atomic E-state index is -0.268. The molecule has 160 valence electrons. The summed E-state index contributed by atoms with van der Waals surface area (Å²) in [6.07, 6.45) is 7.08. The van der Waals surface area contributed by atoms with Gasteiger partial charge in [0.05, 0.1) is 0 Å². The fourth-order valence-electron chi connectivity index (χ4n) is 4.29. The Hall–Kier alpha value is -2.32. The number of hydrogen-bond donors (Lipinski definition) is 1. The lowest BCUT2D eigenvalue weighted by Gasteiger charge is -2.40. The number of anilines is 1. The summed E-state index contributed by atoms with van der Waals surface area (Å²) in [5, 5.41) is 11.9. The second-order valence-corrected chi connectivity index (χ2v) is 9.09. The van der Waals surface area contributed by atoms with E-state index in [1.807, 2.05) is 35.2 Å². The van der Waals surface area contributed by atoms with Crippen LogP contribution >= 0.6 is 11.3 Å². The quantitative estimate of drug-likeness (QED) is 0.766. The highest BCUT2D eigenvalue weighted by molar-refractivity contribution is 7.13. The van der Waals surface area contributed by atoms with Crippen LogP contribution in [0, 0.1) is 0 Å². The minimum absolute atomic E-state index is 0.178. The SMILES string of the molecule is O=C(Nc1ccccc1)c1nnc(CCC(=O)N2CCC(N3CCCCC3)CC2)s1. The van der Waals surface area contributed by atoms with E-state index < -0.39 is 0 Å². The lowest BCUT2D eigenvalue weighted by Crippen LogP contribution is -2.48. The molecule has 2 saturated heterocycles. The molecule has 8 heteroatoms. The number of rotatable bonds is 6. The molecule has 30 heavy (non-hydrogen) atoms. The number of piperidine rings is 2. The molecule has 1 aromatic heterocycles. The molecule has 1 N–H and O–H groups in total. The Labute approximate surface area is 181 Å². The molecule has 7 nitrogen and oxygen atoms in total. The third-order valence-corrected chi connectivity index (χ3v) is 6.95. The molecular weight excluding hydrogens is 398 g/mol. The molecule has 4 rings (SSSR count). The number of aromatic nitrogens is 2. The third-order valence-electron chi connectivity index (χ3n) is 5.97. The number of nitrogens with one attached hydrogen (secondary N) is 1. The highest BCUT2D eigenvalue weighted by Gasteiger charge is 2.27. The summed E-state index contributed by atoms with van der Waals surface area (Å²) in [7, 11) is 0. The lowest BCUT2D eigenvalue weighted by atomic mass is 9.99. The Morgan fingerprint density at radius 3 is 2.47 bits per heavy atom. The second-order valence-electron chi connectivity index (χ2n) is 8.03. The molecule has 0 radical (unpaired) electrons. The van der Waals surface area contributed by atoms with Crippen molar-refractivity contribution in [3.8, 4) is 0 Å². The third kappa shape index (κ3) is 5.43. The Morgan fingerprint density at radius 2 is 1.73 bits per heavy atom. The maximum absolute atomic E-state index is 12.6. The largest absolute Gasteiger partial charge is 0.343 e. The fourth-order valence-corrected chi connectivity index (χ4v) is 5.02. The predicted molar refractivity (Wildman–Crippen MR) is 118 cm³/mol. The normalized spacial score (nSPS) is 18.3. The number of hydrogen-bond acceptors (Lipinski definition) is 6. The van der Waals surface area contributed by atoms with Crippen molar-refractivity contribution in [3.63, 3.8) is 0 Å². The molecular formula is C22H29N5O2S. The van der Waals surface area contributed by atoms with Crippen molar-refractivity contribution in [2.24, 2.45) is 0 Å². The number of amides is 2. The van der Waals surface area contributed by atoms with Gasteiger partial charge in [-0.05, 0) is 50.9 Å². The Balaban J connectivity index is 1.21. The summed E-state index contributed by atoms with van der Waals surface area (Å²) < 4.78 is 0. The van der Waals surface area contributed by atoms with E-state index in [1.165, 1.54) is 43.7 Å². The van der Waals surface area contributed by atoms with Gasteiger partial charge in [0.2, 0.25) is 10.9 Å². The Morgan fingerprint density at radius 1 is 1.00 bits per heavy atom. The van der Waals surface area contributed by atoms with Crippen molar-refractivity contribution in [2.45, 2.75) is 51.0 Å². The van der Waals surface area contributed by atoms with Gasteiger partial charge < -0.3 is 15.1 Å². The number of carbonyl (C=O) groups excluding carboxylic acids is 2. The first-order chi connectivity index (χ1) is 14.7. The van der Waals surface area contributed by atoms with Crippen molar-refractivity contribution >= 4 is 28.8 Å². The standard InChI is InChI=1S/C22H29N5O2S/c28-20(27-15-11-18(12-16-27)26-13-5-2-6-14-26)10-9-19-24-25-22(30-19)21(29)23-17-7-3-1-4-8-17/h1,3-4,7-8,18H,2,5-6,9-16H2,(H,23,29). The maximum Gasteiger partial charge on any atom is 0.286 e. The van der Waals surface area contributed by atoms with E-state index in [4.69, 9.17) is 0 Å². The zero-order valence-electron chi connectivity index (χ0n) is 17.3. The molecule has 2 fully saturated rings. The summed E-state index contributed by atoms with van der Waals surface area (Å²) in [5.41, 5.74) is 0.724. The first-order valence-corrected chi connectivity index (χ1v) is 11.7. The highest BCUT2D eigenvalue weighted by Crippen LogP contribution is 2.22. The predicted octanol–water partition coefficient (Wildman–Crippen LogP) is 3.20. The first kappa shape index (κ1) is 20.9. The number of aryl methyl sites for hydroxylation is 1. The highest BCUT2D eigenvalue weighted by atomic mass is 32.1. The monoisotopic (exact) mass is 427 g/mol. The van der Waals surface area contributed by atoms with E-state index in [2.05, 4.69) is 20.4 Å². The van der Waals surface area contributed by atoms with Gasteiger partial charge in [0.25, 0.3) is 5.91 Å². The molecule has 0 bridgehead atoms. The Bertz CT molecular complexity index is 842. The van der Waals surface area contributed by atoms with Gasteiger partial charge in [-0.2, -0.15) is 0 Å².